The molecule has 0 aromatic heterocycles. The van der Waals surface area contributed by atoms with E-state index in [0.717, 1.165) is 37.1 Å². The van der Waals surface area contributed by atoms with E-state index in [-0.39, 0.29) is 0 Å². The summed E-state index contributed by atoms with van der Waals surface area (Å²) in [5, 5.41) is 3.31. The fourth-order valence-corrected chi connectivity index (χ4v) is 3.17. The number of thioether (sulfide) groups is 1. The van der Waals surface area contributed by atoms with E-state index in [1.54, 1.807) is 0 Å². The quantitative estimate of drug-likeness (QED) is 0.848. The molecule has 0 saturated carbocycles. The van der Waals surface area contributed by atoms with E-state index in [0.29, 0.717) is 0 Å². The van der Waals surface area contributed by atoms with Crippen molar-refractivity contribution in [1.29, 1.82) is 0 Å². The van der Waals surface area contributed by atoms with Gasteiger partial charge in [0.25, 0.3) is 0 Å². The van der Waals surface area contributed by atoms with Crippen molar-refractivity contribution in [3.05, 3.63) is 18.2 Å². The lowest BCUT2D eigenvalue weighted by Gasteiger charge is -2.26. The molecule has 1 fully saturated rings. The molecule has 3 nitrogen and oxygen atoms in total. The fourth-order valence-electron chi connectivity index (χ4n) is 2.13. The SMILES string of the molecule is c1cc2c(cc1SCCC1CNC1)OCCCO2. The third kappa shape index (κ3) is 2.93. The van der Waals surface area contributed by atoms with E-state index >= 15 is 0 Å². The lowest BCUT2D eigenvalue weighted by Crippen LogP contribution is -2.42. The molecule has 0 aliphatic carbocycles. The second-order valence-corrected chi connectivity index (χ2v) is 5.99. The zero-order chi connectivity index (χ0) is 12.2. The fraction of sp³-hybridized carbons (Fsp3) is 0.571. The first-order chi connectivity index (χ1) is 8.92. The second kappa shape index (κ2) is 5.85. The van der Waals surface area contributed by atoms with Gasteiger partial charge in [-0.3, -0.25) is 0 Å². The number of hydrogen-bond acceptors (Lipinski definition) is 4. The highest BCUT2D eigenvalue weighted by molar-refractivity contribution is 7.99. The largest absolute Gasteiger partial charge is 0.490 e. The highest BCUT2D eigenvalue weighted by Gasteiger charge is 2.16. The summed E-state index contributed by atoms with van der Waals surface area (Å²) < 4.78 is 11.3. The van der Waals surface area contributed by atoms with Crippen LogP contribution in [-0.4, -0.2) is 32.1 Å². The summed E-state index contributed by atoms with van der Waals surface area (Å²) >= 11 is 1.91. The number of fused-ring (bicyclic) bond motifs is 1. The highest BCUT2D eigenvalue weighted by Crippen LogP contribution is 2.34. The Morgan fingerprint density at radius 2 is 2.00 bits per heavy atom. The summed E-state index contributed by atoms with van der Waals surface area (Å²) in [6.45, 7) is 3.91. The Bertz CT molecular complexity index is 407. The monoisotopic (exact) mass is 265 g/mol. The van der Waals surface area contributed by atoms with E-state index in [1.165, 1.54) is 30.2 Å². The third-order valence-electron chi connectivity index (χ3n) is 3.38. The predicted molar refractivity (Wildman–Crippen MR) is 73.7 cm³/mol. The van der Waals surface area contributed by atoms with Gasteiger partial charge in [-0.05, 0) is 49.4 Å². The molecule has 0 atom stereocenters. The molecule has 0 bridgehead atoms. The van der Waals surface area contributed by atoms with Crippen LogP contribution in [0.4, 0.5) is 0 Å². The molecular weight excluding hydrogens is 246 g/mol. The number of hydrogen-bond donors (Lipinski definition) is 1. The van der Waals surface area contributed by atoms with E-state index in [2.05, 4.69) is 17.4 Å². The molecule has 1 aromatic carbocycles. The van der Waals surface area contributed by atoms with Crippen molar-refractivity contribution in [1.82, 2.24) is 5.32 Å². The minimum atomic E-state index is 0.758. The van der Waals surface area contributed by atoms with E-state index in [1.807, 2.05) is 17.8 Å². The van der Waals surface area contributed by atoms with Gasteiger partial charge in [0.1, 0.15) is 0 Å². The van der Waals surface area contributed by atoms with Crippen LogP contribution in [-0.2, 0) is 0 Å². The molecule has 0 radical (unpaired) electrons. The van der Waals surface area contributed by atoms with E-state index in [4.69, 9.17) is 9.47 Å². The number of ether oxygens (including phenoxy) is 2. The van der Waals surface area contributed by atoms with Gasteiger partial charge in [0.2, 0.25) is 0 Å². The Labute approximate surface area is 112 Å². The minimum absolute atomic E-state index is 0.758. The average molecular weight is 265 g/mol. The van der Waals surface area contributed by atoms with Gasteiger partial charge < -0.3 is 14.8 Å². The molecular formula is C14H19NO2S. The molecule has 98 valence electrons. The summed E-state index contributed by atoms with van der Waals surface area (Å²) in [5.74, 6) is 3.87. The molecule has 0 unspecified atom stereocenters. The van der Waals surface area contributed by atoms with Crippen molar-refractivity contribution in [3.8, 4) is 11.5 Å². The van der Waals surface area contributed by atoms with Gasteiger partial charge in [-0.1, -0.05) is 0 Å². The van der Waals surface area contributed by atoms with Crippen LogP contribution < -0.4 is 14.8 Å². The van der Waals surface area contributed by atoms with Crippen LogP contribution in [0.1, 0.15) is 12.8 Å². The summed E-state index contributed by atoms with van der Waals surface area (Å²) in [5.41, 5.74) is 0. The van der Waals surface area contributed by atoms with Crippen LogP contribution in [0, 0.1) is 5.92 Å². The molecule has 18 heavy (non-hydrogen) atoms. The summed E-state index contributed by atoms with van der Waals surface area (Å²) in [6, 6.07) is 6.29. The maximum Gasteiger partial charge on any atom is 0.162 e. The molecule has 0 spiro atoms. The maximum absolute atomic E-state index is 5.70. The summed E-state index contributed by atoms with van der Waals surface area (Å²) in [4.78, 5) is 1.28. The lowest BCUT2D eigenvalue weighted by molar-refractivity contribution is 0.297. The molecule has 2 heterocycles. The molecule has 2 aliphatic heterocycles. The molecule has 0 amide bonds. The highest BCUT2D eigenvalue weighted by atomic mass is 32.2. The molecule has 2 aliphatic rings. The van der Waals surface area contributed by atoms with Crippen LogP contribution in [0.5, 0.6) is 11.5 Å². The van der Waals surface area contributed by atoms with Gasteiger partial charge in [0.15, 0.2) is 11.5 Å². The molecule has 3 rings (SSSR count). The molecule has 1 aromatic rings. The van der Waals surface area contributed by atoms with Crippen molar-refractivity contribution in [2.75, 3.05) is 32.1 Å². The van der Waals surface area contributed by atoms with Gasteiger partial charge in [-0.15, -0.1) is 11.8 Å². The Morgan fingerprint density at radius 3 is 2.78 bits per heavy atom. The zero-order valence-electron chi connectivity index (χ0n) is 10.5. The molecule has 4 heteroatoms. The molecule has 1 saturated heterocycles. The van der Waals surface area contributed by atoms with E-state index < -0.39 is 0 Å². The van der Waals surface area contributed by atoms with Gasteiger partial charge in [0, 0.05) is 11.3 Å². The third-order valence-corrected chi connectivity index (χ3v) is 4.41. The smallest absolute Gasteiger partial charge is 0.162 e. The predicted octanol–water partition coefficient (Wildman–Crippen LogP) is 2.55. The lowest BCUT2D eigenvalue weighted by atomic mass is 10.0. The topological polar surface area (TPSA) is 30.5 Å². The van der Waals surface area contributed by atoms with Gasteiger partial charge in [-0.2, -0.15) is 0 Å². The molecule has 1 N–H and O–H groups in total. The minimum Gasteiger partial charge on any atom is -0.490 e. The average Bonchev–Trinajstić information content (AvgIpc) is 2.57. The Morgan fingerprint density at radius 1 is 1.17 bits per heavy atom. The van der Waals surface area contributed by atoms with Crippen LogP contribution in [0.3, 0.4) is 0 Å². The number of benzene rings is 1. The van der Waals surface area contributed by atoms with Crippen molar-refractivity contribution < 1.29 is 9.47 Å². The van der Waals surface area contributed by atoms with Crippen molar-refractivity contribution >= 4 is 11.8 Å². The first-order valence-electron chi connectivity index (χ1n) is 6.65. The van der Waals surface area contributed by atoms with Gasteiger partial charge in [0.05, 0.1) is 13.2 Å². The van der Waals surface area contributed by atoms with Crippen LogP contribution >= 0.6 is 11.8 Å². The Balaban J connectivity index is 1.56. The summed E-state index contributed by atoms with van der Waals surface area (Å²) in [7, 11) is 0. The van der Waals surface area contributed by atoms with Gasteiger partial charge >= 0.3 is 0 Å². The second-order valence-electron chi connectivity index (χ2n) is 4.82. The Kier molecular flexibility index (Phi) is 3.96. The van der Waals surface area contributed by atoms with Crippen molar-refractivity contribution in [2.24, 2.45) is 5.92 Å². The normalized spacial score (nSPS) is 19.1. The first-order valence-corrected chi connectivity index (χ1v) is 7.63. The van der Waals surface area contributed by atoms with Gasteiger partial charge in [-0.25, -0.2) is 0 Å². The van der Waals surface area contributed by atoms with Crippen molar-refractivity contribution in [3.63, 3.8) is 0 Å². The van der Waals surface area contributed by atoms with E-state index in [9.17, 15) is 0 Å². The number of rotatable bonds is 4. The summed E-state index contributed by atoms with van der Waals surface area (Å²) in [6.07, 6.45) is 2.26. The van der Waals surface area contributed by atoms with Crippen LogP contribution in [0.2, 0.25) is 0 Å². The number of nitrogens with one attached hydrogen (secondary N) is 1. The standard InChI is InChI=1S/C14H19NO2S/c1-5-16-13-3-2-12(8-14(13)17-6-1)18-7-4-11-9-15-10-11/h2-3,8,11,15H,1,4-7,9-10H2. The Hall–Kier alpha value is -0.870. The zero-order valence-corrected chi connectivity index (χ0v) is 11.3. The van der Waals surface area contributed by atoms with Crippen LogP contribution in [0.15, 0.2) is 23.1 Å². The maximum atomic E-state index is 5.70. The first kappa shape index (κ1) is 12.2. The van der Waals surface area contributed by atoms with Crippen LogP contribution in [0.25, 0.3) is 0 Å². The van der Waals surface area contributed by atoms with Crippen molar-refractivity contribution in [2.45, 2.75) is 17.7 Å².